The quantitative estimate of drug-likeness (QED) is 0.877. The number of carbonyl (C=O) groups is 1. The van der Waals surface area contributed by atoms with Crippen LogP contribution >= 0.6 is 23.1 Å². The summed E-state index contributed by atoms with van der Waals surface area (Å²) in [6, 6.07) is 4.14. The summed E-state index contributed by atoms with van der Waals surface area (Å²) < 4.78 is 0. The van der Waals surface area contributed by atoms with Crippen LogP contribution in [0, 0.1) is 5.41 Å². The number of amides is 1. The molecule has 2 rings (SSSR count). The van der Waals surface area contributed by atoms with Crippen LogP contribution in [-0.2, 0) is 4.79 Å². The first kappa shape index (κ1) is 14.9. The molecule has 0 spiro atoms. The van der Waals surface area contributed by atoms with Gasteiger partial charge in [-0.3, -0.25) is 4.79 Å². The molecule has 1 saturated heterocycles. The van der Waals surface area contributed by atoms with E-state index in [9.17, 15) is 9.90 Å². The average molecular weight is 299 g/mol. The molecule has 0 bridgehead atoms. The second-order valence-electron chi connectivity index (χ2n) is 5.69. The van der Waals surface area contributed by atoms with Crippen molar-refractivity contribution in [2.45, 2.75) is 32.1 Å². The first-order valence-electron chi connectivity index (χ1n) is 6.59. The average Bonchev–Trinajstić information content (AvgIpc) is 3.00. The molecule has 1 aliphatic rings. The summed E-state index contributed by atoms with van der Waals surface area (Å²) in [4.78, 5) is 15.2. The number of carbonyl (C=O) groups excluding carboxylic acids is 1. The Labute approximate surface area is 123 Å². The van der Waals surface area contributed by atoms with Crippen LogP contribution in [0.1, 0.15) is 36.9 Å². The standard InChI is InChI=1S/C14H21NO2S2/c1-14(2,10-16)6-4-7-15-12(17)9-19-13(15)11-5-3-8-18-11/h3,5,8,13,16H,4,6-7,9-10H2,1-2H3. The van der Waals surface area contributed by atoms with Crippen LogP contribution in [0.2, 0.25) is 0 Å². The number of hydrogen-bond donors (Lipinski definition) is 1. The summed E-state index contributed by atoms with van der Waals surface area (Å²) in [5, 5.41) is 11.5. The lowest BCUT2D eigenvalue weighted by molar-refractivity contribution is -0.128. The minimum absolute atomic E-state index is 0.0473. The molecule has 19 heavy (non-hydrogen) atoms. The first-order chi connectivity index (χ1) is 9.03. The minimum Gasteiger partial charge on any atom is -0.396 e. The topological polar surface area (TPSA) is 40.5 Å². The van der Waals surface area contributed by atoms with Gasteiger partial charge in [0.15, 0.2) is 0 Å². The van der Waals surface area contributed by atoms with Crippen LogP contribution in [0.15, 0.2) is 17.5 Å². The molecular weight excluding hydrogens is 278 g/mol. The number of rotatable bonds is 6. The molecule has 1 N–H and O–H groups in total. The maximum atomic E-state index is 12.0. The molecule has 3 nitrogen and oxygen atoms in total. The van der Waals surface area contributed by atoms with Crippen molar-refractivity contribution in [3.63, 3.8) is 0 Å². The van der Waals surface area contributed by atoms with Crippen LogP contribution in [0.4, 0.5) is 0 Å². The van der Waals surface area contributed by atoms with Gasteiger partial charge in [-0.15, -0.1) is 23.1 Å². The maximum absolute atomic E-state index is 12.0. The van der Waals surface area contributed by atoms with E-state index in [1.54, 1.807) is 23.1 Å². The monoisotopic (exact) mass is 299 g/mol. The predicted octanol–water partition coefficient (Wildman–Crippen LogP) is 3.12. The van der Waals surface area contributed by atoms with Gasteiger partial charge in [0.2, 0.25) is 5.91 Å². The molecule has 106 valence electrons. The molecule has 1 aromatic heterocycles. The lowest BCUT2D eigenvalue weighted by Gasteiger charge is -2.26. The van der Waals surface area contributed by atoms with Crippen molar-refractivity contribution in [3.8, 4) is 0 Å². The fourth-order valence-corrected chi connectivity index (χ4v) is 4.37. The zero-order chi connectivity index (χ0) is 13.9. The van der Waals surface area contributed by atoms with Crippen molar-refractivity contribution in [1.29, 1.82) is 0 Å². The SMILES string of the molecule is CC(C)(CO)CCCN1C(=O)CSC1c1cccs1. The summed E-state index contributed by atoms with van der Waals surface area (Å²) >= 11 is 3.43. The second kappa shape index (κ2) is 6.29. The van der Waals surface area contributed by atoms with E-state index in [2.05, 4.69) is 25.3 Å². The second-order valence-corrected chi connectivity index (χ2v) is 7.74. The van der Waals surface area contributed by atoms with Gasteiger partial charge in [0.05, 0.1) is 5.75 Å². The maximum Gasteiger partial charge on any atom is 0.233 e. The summed E-state index contributed by atoms with van der Waals surface area (Å²) in [5.74, 6) is 0.830. The number of aliphatic hydroxyl groups excluding tert-OH is 1. The molecule has 1 aliphatic heterocycles. The third kappa shape index (κ3) is 3.74. The van der Waals surface area contributed by atoms with Gasteiger partial charge in [-0.25, -0.2) is 0 Å². The molecule has 0 radical (unpaired) electrons. The Bertz CT molecular complexity index is 417. The minimum atomic E-state index is -0.0473. The Morgan fingerprint density at radius 2 is 2.32 bits per heavy atom. The molecule has 1 unspecified atom stereocenters. The number of aliphatic hydroxyl groups is 1. The summed E-state index contributed by atoms with van der Waals surface area (Å²) in [5.41, 5.74) is -0.0473. The zero-order valence-electron chi connectivity index (χ0n) is 11.5. The molecule has 0 aliphatic carbocycles. The fourth-order valence-electron chi connectivity index (χ4n) is 2.17. The number of thioether (sulfide) groups is 1. The van der Waals surface area contributed by atoms with Gasteiger partial charge in [-0.05, 0) is 29.7 Å². The predicted molar refractivity (Wildman–Crippen MR) is 81.3 cm³/mol. The van der Waals surface area contributed by atoms with Gasteiger partial charge in [0.1, 0.15) is 5.37 Å². The fraction of sp³-hybridized carbons (Fsp3) is 0.643. The summed E-state index contributed by atoms with van der Waals surface area (Å²) in [7, 11) is 0. The van der Waals surface area contributed by atoms with Crippen molar-refractivity contribution in [2.24, 2.45) is 5.41 Å². The van der Waals surface area contributed by atoms with Crippen LogP contribution in [0.5, 0.6) is 0 Å². The zero-order valence-corrected chi connectivity index (χ0v) is 13.1. The molecular formula is C14H21NO2S2. The van der Waals surface area contributed by atoms with Crippen molar-refractivity contribution in [3.05, 3.63) is 22.4 Å². The number of thiophene rings is 1. The van der Waals surface area contributed by atoms with Gasteiger partial charge in [0.25, 0.3) is 0 Å². The van der Waals surface area contributed by atoms with E-state index < -0.39 is 0 Å². The summed E-state index contributed by atoms with van der Waals surface area (Å²) in [6.07, 6.45) is 1.89. The van der Waals surface area contributed by atoms with Crippen molar-refractivity contribution >= 4 is 29.0 Å². The van der Waals surface area contributed by atoms with E-state index in [4.69, 9.17) is 0 Å². The molecule has 1 amide bonds. The Kier molecular flexibility index (Phi) is 4.92. The van der Waals surface area contributed by atoms with Gasteiger partial charge < -0.3 is 10.0 Å². The van der Waals surface area contributed by atoms with Gasteiger partial charge in [-0.1, -0.05) is 19.9 Å². The Morgan fingerprint density at radius 3 is 2.95 bits per heavy atom. The lowest BCUT2D eigenvalue weighted by Crippen LogP contribution is -2.30. The molecule has 5 heteroatoms. The van der Waals surface area contributed by atoms with E-state index >= 15 is 0 Å². The van der Waals surface area contributed by atoms with Crippen LogP contribution < -0.4 is 0 Å². The smallest absolute Gasteiger partial charge is 0.233 e. The van der Waals surface area contributed by atoms with E-state index in [0.29, 0.717) is 5.75 Å². The molecule has 1 aromatic rings. The Morgan fingerprint density at radius 1 is 1.53 bits per heavy atom. The first-order valence-corrected chi connectivity index (χ1v) is 8.52. The van der Waals surface area contributed by atoms with Crippen LogP contribution in [-0.4, -0.2) is 34.8 Å². The lowest BCUT2D eigenvalue weighted by atomic mass is 9.89. The highest BCUT2D eigenvalue weighted by Gasteiger charge is 2.33. The van der Waals surface area contributed by atoms with E-state index in [0.717, 1.165) is 19.4 Å². The highest BCUT2D eigenvalue weighted by Crippen LogP contribution is 2.40. The van der Waals surface area contributed by atoms with Crippen molar-refractivity contribution in [1.82, 2.24) is 4.90 Å². The highest BCUT2D eigenvalue weighted by molar-refractivity contribution is 8.00. The molecule has 0 aromatic carbocycles. The molecule has 0 saturated carbocycles. The Hall–Kier alpha value is -0.520. The largest absolute Gasteiger partial charge is 0.396 e. The van der Waals surface area contributed by atoms with Crippen LogP contribution in [0.3, 0.4) is 0 Å². The highest BCUT2D eigenvalue weighted by atomic mass is 32.2. The summed E-state index contributed by atoms with van der Waals surface area (Å²) in [6.45, 7) is 5.11. The van der Waals surface area contributed by atoms with Gasteiger partial charge in [-0.2, -0.15) is 0 Å². The van der Waals surface area contributed by atoms with E-state index in [-0.39, 0.29) is 23.3 Å². The third-order valence-electron chi connectivity index (χ3n) is 3.44. The van der Waals surface area contributed by atoms with Crippen LogP contribution in [0.25, 0.3) is 0 Å². The molecule has 2 heterocycles. The van der Waals surface area contributed by atoms with Gasteiger partial charge in [0, 0.05) is 18.0 Å². The normalized spacial score (nSPS) is 20.3. The Balaban J connectivity index is 1.92. The number of hydrogen-bond acceptors (Lipinski definition) is 4. The van der Waals surface area contributed by atoms with Gasteiger partial charge >= 0.3 is 0 Å². The van der Waals surface area contributed by atoms with Crippen molar-refractivity contribution < 1.29 is 9.90 Å². The van der Waals surface area contributed by atoms with E-state index in [1.807, 2.05) is 11.0 Å². The van der Waals surface area contributed by atoms with E-state index in [1.165, 1.54) is 4.88 Å². The van der Waals surface area contributed by atoms with Crippen molar-refractivity contribution in [2.75, 3.05) is 18.9 Å². The molecule has 1 fully saturated rings. The third-order valence-corrected chi connectivity index (χ3v) is 5.75. The number of nitrogens with zero attached hydrogens (tertiary/aromatic N) is 1. The molecule has 1 atom stereocenters.